The van der Waals surface area contributed by atoms with Crippen LogP contribution in [-0.2, 0) is 13.0 Å². The topological polar surface area (TPSA) is 29.5 Å². The molecule has 0 saturated carbocycles. The summed E-state index contributed by atoms with van der Waals surface area (Å²) < 4.78 is 32.5. The Kier molecular flexibility index (Phi) is 3.88. The smallest absolute Gasteiger partial charge is 0.132 e. The highest BCUT2D eigenvalue weighted by molar-refractivity contribution is 5.38. The second-order valence-corrected chi connectivity index (χ2v) is 5.26. The number of rotatable bonds is 3. The minimum Gasteiger partial charge on any atom is -0.489 e. The van der Waals surface area contributed by atoms with Crippen LogP contribution in [0.15, 0.2) is 36.4 Å². The van der Waals surface area contributed by atoms with Crippen molar-refractivity contribution in [3.63, 3.8) is 0 Å². The molecule has 0 bridgehead atoms. The van der Waals surface area contributed by atoms with Gasteiger partial charge in [0.25, 0.3) is 0 Å². The molecule has 1 atom stereocenters. The summed E-state index contributed by atoms with van der Waals surface area (Å²) in [7, 11) is 0. The molecule has 21 heavy (non-hydrogen) atoms. The van der Waals surface area contributed by atoms with E-state index in [4.69, 9.17) is 4.74 Å². The van der Waals surface area contributed by atoms with Gasteiger partial charge in [0.05, 0.1) is 11.7 Å². The van der Waals surface area contributed by atoms with Crippen LogP contribution in [-0.4, -0.2) is 5.11 Å². The number of hydrogen-bond acceptors (Lipinski definition) is 2. The molecule has 2 aromatic rings. The third kappa shape index (κ3) is 2.90. The lowest BCUT2D eigenvalue weighted by atomic mass is 9.89. The van der Waals surface area contributed by atoms with Crippen molar-refractivity contribution in [2.75, 3.05) is 0 Å². The maximum Gasteiger partial charge on any atom is 0.132 e. The van der Waals surface area contributed by atoms with E-state index in [2.05, 4.69) is 0 Å². The summed E-state index contributed by atoms with van der Waals surface area (Å²) in [6.07, 6.45) is 2.16. The van der Waals surface area contributed by atoms with E-state index in [0.29, 0.717) is 5.75 Å². The number of ether oxygens (including phenoxy) is 1. The van der Waals surface area contributed by atoms with E-state index in [0.717, 1.165) is 30.4 Å². The van der Waals surface area contributed by atoms with Gasteiger partial charge in [-0.1, -0.05) is 12.1 Å². The van der Waals surface area contributed by atoms with Crippen LogP contribution >= 0.6 is 0 Å². The van der Waals surface area contributed by atoms with Crippen molar-refractivity contribution in [3.8, 4) is 5.75 Å². The average molecular weight is 290 g/mol. The first-order valence-corrected chi connectivity index (χ1v) is 7.02. The van der Waals surface area contributed by atoms with Crippen molar-refractivity contribution in [2.24, 2.45) is 0 Å². The lowest BCUT2D eigenvalue weighted by Crippen LogP contribution is -2.09. The summed E-state index contributed by atoms with van der Waals surface area (Å²) in [5, 5.41) is 9.98. The Morgan fingerprint density at radius 2 is 1.90 bits per heavy atom. The molecule has 2 nitrogen and oxygen atoms in total. The first-order valence-electron chi connectivity index (χ1n) is 7.02. The molecule has 0 radical (unpaired) electrons. The highest BCUT2D eigenvalue weighted by atomic mass is 19.1. The number of benzene rings is 2. The Morgan fingerprint density at radius 3 is 2.67 bits per heavy atom. The highest BCUT2D eigenvalue weighted by Gasteiger charge is 2.18. The highest BCUT2D eigenvalue weighted by Crippen LogP contribution is 2.32. The molecule has 0 heterocycles. The summed E-state index contributed by atoms with van der Waals surface area (Å²) in [6.45, 7) is -0.173. The van der Waals surface area contributed by atoms with Gasteiger partial charge in [-0.25, -0.2) is 8.78 Å². The number of hydrogen-bond donors (Lipinski definition) is 1. The zero-order valence-corrected chi connectivity index (χ0v) is 11.5. The van der Waals surface area contributed by atoms with Crippen LogP contribution in [0.2, 0.25) is 0 Å². The van der Waals surface area contributed by atoms with Crippen LogP contribution in [0.3, 0.4) is 0 Å². The largest absolute Gasteiger partial charge is 0.489 e. The lowest BCUT2D eigenvalue weighted by molar-refractivity contribution is 0.156. The van der Waals surface area contributed by atoms with Crippen molar-refractivity contribution < 1.29 is 18.6 Å². The van der Waals surface area contributed by atoms with E-state index in [1.54, 1.807) is 12.1 Å². The van der Waals surface area contributed by atoms with Gasteiger partial charge in [-0.2, -0.15) is 0 Å². The van der Waals surface area contributed by atoms with E-state index in [1.165, 1.54) is 18.2 Å². The normalized spacial score (nSPS) is 17.4. The summed E-state index contributed by atoms with van der Waals surface area (Å²) in [5.41, 5.74) is 1.88. The molecule has 0 fully saturated rings. The molecule has 0 saturated heterocycles. The zero-order chi connectivity index (χ0) is 14.8. The molecule has 1 N–H and O–H groups in total. The van der Waals surface area contributed by atoms with Crippen LogP contribution < -0.4 is 4.74 Å². The summed E-state index contributed by atoms with van der Waals surface area (Å²) in [5.74, 6) is -0.724. The van der Waals surface area contributed by atoms with Crippen molar-refractivity contribution in [3.05, 3.63) is 64.7 Å². The van der Waals surface area contributed by atoms with Crippen LogP contribution in [0.1, 0.15) is 35.6 Å². The van der Waals surface area contributed by atoms with Gasteiger partial charge in [0, 0.05) is 0 Å². The molecule has 1 aliphatic rings. The molecule has 110 valence electrons. The zero-order valence-electron chi connectivity index (χ0n) is 11.5. The van der Waals surface area contributed by atoms with Gasteiger partial charge in [0.1, 0.15) is 24.0 Å². The summed E-state index contributed by atoms with van der Waals surface area (Å²) in [4.78, 5) is 0. The Hall–Kier alpha value is -1.94. The van der Waals surface area contributed by atoms with Crippen molar-refractivity contribution in [1.82, 2.24) is 0 Å². The Morgan fingerprint density at radius 1 is 1.14 bits per heavy atom. The maximum atomic E-state index is 13.5. The van der Waals surface area contributed by atoms with Crippen LogP contribution in [0, 0.1) is 11.6 Å². The molecule has 1 aliphatic carbocycles. The van der Waals surface area contributed by atoms with Gasteiger partial charge in [-0.15, -0.1) is 0 Å². The van der Waals surface area contributed by atoms with E-state index in [9.17, 15) is 13.9 Å². The monoisotopic (exact) mass is 290 g/mol. The van der Waals surface area contributed by atoms with Crippen LogP contribution in [0.25, 0.3) is 0 Å². The molecule has 0 aliphatic heterocycles. The number of aliphatic hydroxyl groups is 1. The second kappa shape index (κ2) is 5.82. The summed E-state index contributed by atoms with van der Waals surface area (Å²) in [6, 6.07) is 9.18. The van der Waals surface area contributed by atoms with E-state index < -0.39 is 17.7 Å². The summed E-state index contributed by atoms with van der Waals surface area (Å²) >= 11 is 0. The van der Waals surface area contributed by atoms with Gasteiger partial charge < -0.3 is 9.84 Å². The fraction of sp³-hybridized carbons (Fsp3) is 0.294. The second-order valence-electron chi connectivity index (χ2n) is 5.26. The minimum absolute atomic E-state index is 0.0873. The predicted octanol–water partition coefficient (Wildman–Crippen LogP) is 3.91. The number of halogens is 2. The van der Waals surface area contributed by atoms with E-state index >= 15 is 0 Å². The molecule has 0 unspecified atom stereocenters. The van der Waals surface area contributed by atoms with Gasteiger partial charge in [0.2, 0.25) is 0 Å². The lowest BCUT2D eigenvalue weighted by Gasteiger charge is -2.22. The maximum absolute atomic E-state index is 13.5. The standard InChI is InChI=1S/C17H16F2O2/c18-15-4-2-5-16(19)14(15)10-21-12-8-7-11-3-1-6-17(20)13(11)9-12/h2,4-5,7-9,17,20H,1,3,6,10H2/t17-/m1/s1. The first-order chi connectivity index (χ1) is 10.1. The van der Waals surface area contributed by atoms with Gasteiger partial charge in [-0.3, -0.25) is 0 Å². The van der Waals surface area contributed by atoms with Crippen molar-refractivity contribution in [2.45, 2.75) is 32.0 Å². The molecule has 2 aromatic carbocycles. The number of aliphatic hydroxyl groups excluding tert-OH is 1. The Bertz CT molecular complexity index is 635. The third-order valence-corrected chi connectivity index (χ3v) is 3.84. The van der Waals surface area contributed by atoms with Crippen LogP contribution in [0.4, 0.5) is 8.78 Å². The number of aryl methyl sites for hydroxylation is 1. The van der Waals surface area contributed by atoms with Crippen molar-refractivity contribution >= 4 is 0 Å². The fourth-order valence-corrected chi connectivity index (χ4v) is 2.67. The predicted molar refractivity (Wildman–Crippen MR) is 75.0 cm³/mol. The van der Waals surface area contributed by atoms with Gasteiger partial charge in [-0.05, 0) is 54.7 Å². The number of fused-ring (bicyclic) bond motifs is 1. The first kappa shape index (κ1) is 14.0. The van der Waals surface area contributed by atoms with Crippen LogP contribution in [0.5, 0.6) is 5.75 Å². The van der Waals surface area contributed by atoms with Gasteiger partial charge >= 0.3 is 0 Å². The SMILES string of the molecule is O[C@@H]1CCCc2ccc(OCc3c(F)cccc3F)cc21. The Balaban J connectivity index is 1.78. The quantitative estimate of drug-likeness (QED) is 0.928. The van der Waals surface area contributed by atoms with Gasteiger partial charge in [0.15, 0.2) is 0 Å². The molecular weight excluding hydrogens is 274 g/mol. The van der Waals surface area contributed by atoms with E-state index in [-0.39, 0.29) is 12.2 Å². The molecule has 0 amide bonds. The molecule has 0 spiro atoms. The molecular formula is C17H16F2O2. The Labute approximate surface area is 122 Å². The average Bonchev–Trinajstić information content (AvgIpc) is 2.47. The molecule has 4 heteroatoms. The minimum atomic E-state index is -0.618. The molecule has 3 rings (SSSR count). The van der Waals surface area contributed by atoms with Crippen molar-refractivity contribution in [1.29, 1.82) is 0 Å². The fourth-order valence-electron chi connectivity index (χ4n) is 2.67. The van der Waals surface area contributed by atoms with E-state index in [1.807, 2.05) is 6.07 Å². The molecule has 0 aromatic heterocycles. The third-order valence-electron chi connectivity index (χ3n) is 3.84.